The third kappa shape index (κ3) is 4.39. The van der Waals surface area contributed by atoms with Gasteiger partial charge in [0.25, 0.3) is 0 Å². The third-order valence-electron chi connectivity index (χ3n) is 2.16. The first-order chi connectivity index (χ1) is 7.49. The standard InChI is InChI=1S/C12H18ClNO2/c1-9(15)7-14(8-10(2)16)12-5-3-11(13)4-6-12/h3-6,9-10,15-16H,7-8H2,1-2H3. The molecule has 0 amide bonds. The molecule has 16 heavy (non-hydrogen) atoms. The first-order valence-corrected chi connectivity index (χ1v) is 5.73. The molecule has 2 atom stereocenters. The van der Waals surface area contributed by atoms with Gasteiger partial charge in [0.05, 0.1) is 12.2 Å². The summed E-state index contributed by atoms with van der Waals surface area (Å²) < 4.78 is 0. The van der Waals surface area contributed by atoms with E-state index in [1.807, 2.05) is 17.0 Å². The van der Waals surface area contributed by atoms with Gasteiger partial charge in [-0.3, -0.25) is 0 Å². The van der Waals surface area contributed by atoms with Crippen LogP contribution in [0.3, 0.4) is 0 Å². The minimum atomic E-state index is -0.436. The lowest BCUT2D eigenvalue weighted by molar-refractivity contribution is 0.178. The average Bonchev–Trinajstić information content (AvgIpc) is 2.16. The van der Waals surface area contributed by atoms with E-state index in [0.717, 1.165) is 5.69 Å². The van der Waals surface area contributed by atoms with E-state index >= 15 is 0 Å². The fourth-order valence-corrected chi connectivity index (χ4v) is 1.70. The zero-order chi connectivity index (χ0) is 12.1. The predicted octanol–water partition coefficient (Wildman–Crippen LogP) is 1.91. The van der Waals surface area contributed by atoms with Gasteiger partial charge in [-0.2, -0.15) is 0 Å². The quantitative estimate of drug-likeness (QED) is 0.830. The summed E-state index contributed by atoms with van der Waals surface area (Å²) in [6.45, 7) is 4.44. The summed E-state index contributed by atoms with van der Waals surface area (Å²) in [6, 6.07) is 7.36. The van der Waals surface area contributed by atoms with Crippen LogP contribution >= 0.6 is 11.6 Å². The van der Waals surface area contributed by atoms with Gasteiger partial charge < -0.3 is 15.1 Å². The van der Waals surface area contributed by atoms with Crippen molar-refractivity contribution in [2.75, 3.05) is 18.0 Å². The molecule has 0 heterocycles. The van der Waals surface area contributed by atoms with Crippen molar-refractivity contribution < 1.29 is 10.2 Å². The molecular formula is C12H18ClNO2. The molecule has 0 fully saturated rings. The van der Waals surface area contributed by atoms with Crippen LogP contribution in [-0.4, -0.2) is 35.5 Å². The summed E-state index contributed by atoms with van der Waals surface area (Å²) >= 11 is 5.81. The van der Waals surface area contributed by atoms with E-state index < -0.39 is 12.2 Å². The first-order valence-electron chi connectivity index (χ1n) is 5.35. The highest BCUT2D eigenvalue weighted by molar-refractivity contribution is 6.30. The van der Waals surface area contributed by atoms with Crippen LogP contribution in [0.5, 0.6) is 0 Å². The maximum Gasteiger partial charge on any atom is 0.0687 e. The van der Waals surface area contributed by atoms with Crippen LogP contribution in [0.25, 0.3) is 0 Å². The van der Waals surface area contributed by atoms with E-state index in [1.165, 1.54) is 0 Å². The normalized spacial score (nSPS) is 14.6. The molecule has 3 nitrogen and oxygen atoms in total. The maximum absolute atomic E-state index is 9.40. The number of halogens is 1. The molecule has 0 aliphatic rings. The molecular weight excluding hydrogens is 226 g/mol. The van der Waals surface area contributed by atoms with Crippen molar-refractivity contribution in [1.82, 2.24) is 0 Å². The summed E-state index contributed by atoms with van der Waals surface area (Å²) in [5.41, 5.74) is 0.950. The molecule has 90 valence electrons. The third-order valence-corrected chi connectivity index (χ3v) is 2.41. The Morgan fingerprint density at radius 3 is 1.88 bits per heavy atom. The minimum Gasteiger partial charge on any atom is -0.392 e. The van der Waals surface area contributed by atoms with E-state index in [2.05, 4.69) is 0 Å². The zero-order valence-corrected chi connectivity index (χ0v) is 10.4. The Bertz CT molecular complexity index is 301. The molecule has 0 radical (unpaired) electrons. The molecule has 1 aromatic carbocycles. The Morgan fingerprint density at radius 1 is 1.06 bits per heavy atom. The second-order valence-corrected chi connectivity index (χ2v) is 4.52. The van der Waals surface area contributed by atoms with Gasteiger partial charge in [0.15, 0.2) is 0 Å². The number of rotatable bonds is 5. The fraction of sp³-hybridized carbons (Fsp3) is 0.500. The molecule has 0 spiro atoms. The number of aliphatic hydroxyl groups is 2. The number of hydrogen-bond donors (Lipinski definition) is 2. The van der Waals surface area contributed by atoms with Crippen molar-refractivity contribution in [3.63, 3.8) is 0 Å². The van der Waals surface area contributed by atoms with Gasteiger partial charge >= 0.3 is 0 Å². The molecule has 2 unspecified atom stereocenters. The van der Waals surface area contributed by atoms with Crippen molar-refractivity contribution >= 4 is 17.3 Å². The smallest absolute Gasteiger partial charge is 0.0687 e. The monoisotopic (exact) mass is 243 g/mol. The Balaban J connectivity index is 2.78. The molecule has 0 aliphatic carbocycles. The molecule has 0 aliphatic heterocycles. The second kappa shape index (κ2) is 6.09. The zero-order valence-electron chi connectivity index (χ0n) is 9.60. The van der Waals surface area contributed by atoms with Gasteiger partial charge in [-0.05, 0) is 38.1 Å². The van der Waals surface area contributed by atoms with Crippen molar-refractivity contribution in [3.05, 3.63) is 29.3 Å². The van der Waals surface area contributed by atoms with Crippen LogP contribution in [0.15, 0.2) is 24.3 Å². The molecule has 0 bridgehead atoms. The minimum absolute atomic E-state index is 0.436. The van der Waals surface area contributed by atoms with Crippen LogP contribution in [0.4, 0.5) is 5.69 Å². The summed E-state index contributed by atoms with van der Waals surface area (Å²) in [5.74, 6) is 0. The van der Waals surface area contributed by atoms with Gasteiger partial charge in [-0.25, -0.2) is 0 Å². The van der Waals surface area contributed by atoms with Gasteiger partial charge in [-0.15, -0.1) is 0 Å². The van der Waals surface area contributed by atoms with Gasteiger partial charge in [0.1, 0.15) is 0 Å². The number of benzene rings is 1. The topological polar surface area (TPSA) is 43.7 Å². The van der Waals surface area contributed by atoms with Crippen LogP contribution in [-0.2, 0) is 0 Å². The van der Waals surface area contributed by atoms with Crippen LogP contribution in [0.2, 0.25) is 5.02 Å². The van der Waals surface area contributed by atoms with Crippen LogP contribution < -0.4 is 4.90 Å². The molecule has 4 heteroatoms. The van der Waals surface area contributed by atoms with E-state index in [0.29, 0.717) is 18.1 Å². The maximum atomic E-state index is 9.40. The van der Waals surface area contributed by atoms with Gasteiger partial charge in [-0.1, -0.05) is 11.6 Å². The molecule has 1 aromatic rings. The van der Waals surface area contributed by atoms with Crippen LogP contribution in [0, 0.1) is 0 Å². The highest BCUT2D eigenvalue weighted by Crippen LogP contribution is 2.18. The first kappa shape index (κ1) is 13.3. The molecule has 2 N–H and O–H groups in total. The van der Waals surface area contributed by atoms with Crippen molar-refractivity contribution in [1.29, 1.82) is 0 Å². The van der Waals surface area contributed by atoms with Crippen molar-refractivity contribution in [2.45, 2.75) is 26.1 Å². The number of aliphatic hydroxyl groups excluding tert-OH is 2. The Hall–Kier alpha value is -0.770. The average molecular weight is 244 g/mol. The lowest BCUT2D eigenvalue weighted by Gasteiger charge is -2.27. The second-order valence-electron chi connectivity index (χ2n) is 4.08. The SMILES string of the molecule is CC(O)CN(CC(C)O)c1ccc(Cl)cc1. The molecule has 0 saturated carbocycles. The van der Waals surface area contributed by atoms with Gasteiger partial charge in [0, 0.05) is 23.8 Å². The highest BCUT2D eigenvalue weighted by Gasteiger charge is 2.11. The fourth-order valence-electron chi connectivity index (χ4n) is 1.58. The Morgan fingerprint density at radius 2 is 1.50 bits per heavy atom. The predicted molar refractivity (Wildman–Crippen MR) is 67.0 cm³/mol. The van der Waals surface area contributed by atoms with Crippen LogP contribution in [0.1, 0.15) is 13.8 Å². The van der Waals surface area contributed by atoms with E-state index in [4.69, 9.17) is 11.6 Å². The summed E-state index contributed by atoms with van der Waals surface area (Å²) in [5, 5.41) is 19.5. The van der Waals surface area contributed by atoms with Gasteiger partial charge in [0.2, 0.25) is 0 Å². The highest BCUT2D eigenvalue weighted by atomic mass is 35.5. The summed E-state index contributed by atoms with van der Waals surface area (Å²) in [6.07, 6.45) is -0.871. The van der Waals surface area contributed by atoms with E-state index in [1.54, 1.807) is 26.0 Å². The van der Waals surface area contributed by atoms with Crippen molar-refractivity contribution in [2.24, 2.45) is 0 Å². The van der Waals surface area contributed by atoms with E-state index in [-0.39, 0.29) is 0 Å². The largest absolute Gasteiger partial charge is 0.392 e. The molecule has 0 saturated heterocycles. The Labute approximate surface area is 101 Å². The summed E-state index contributed by atoms with van der Waals surface area (Å²) in [7, 11) is 0. The Kier molecular flexibility index (Phi) is 5.06. The molecule has 1 rings (SSSR count). The number of anilines is 1. The number of nitrogens with zero attached hydrogens (tertiary/aromatic N) is 1. The van der Waals surface area contributed by atoms with Crippen molar-refractivity contribution in [3.8, 4) is 0 Å². The lowest BCUT2D eigenvalue weighted by Crippen LogP contribution is -2.36. The summed E-state index contributed by atoms with van der Waals surface area (Å²) in [4.78, 5) is 1.94. The number of hydrogen-bond acceptors (Lipinski definition) is 3. The van der Waals surface area contributed by atoms with E-state index in [9.17, 15) is 10.2 Å². The lowest BCUT2D eigenvalue weighted by atomic mass is 10.2. The molecule has 0 aromatic heterocycles.